The van der Waals surface area contributed by atoms with Crippen LogP contribution in [0.1, 0.15) is 48.2 Å². The van der Waals surface area contributed by atoms with Crippen molar-refractivity contribution in [3.8, 4) is 5.75 Å². The van der Waals surface area contributed by atoms with Crippen molar-refractivity contribution in [1.29, 1.82) is 10.8 Å². The second kappa shape index (κ2) is 13.1. The lowest BCUT2D eigenvalue weighted by Crippen LogP contribution is -2.40. The van der Waals surface area contributed by atoms with Crippen molar-refractivity contribution in [2.24, 2.45) is 5.73 Å². The smallest absolute Gasteiger partial charge is 0.320 e. The number of likely N-dealkylation sites (tertiary alicyclic amines) is 1. The van der Waals surface area contributed by atoms with Crippen LogP contribution in [0.4, 0.5) is 5.69 Å². The van der Waals surface area contributed by atoms with Gasteiger partial charge in [0.25, 0.3) is 5.91 Å². The Balaban J connectivity index is 1.80. The summed E-state index contributed by atoms with van der Waals surface area (Å²) in [5, 5.41) is 27.1. The number of nitrogens with zero attached hydrogens (tertiary/aromatic N) is 1. The van der Waals surface area contributed by atoms with E-state index in [9.17, 15) is 18.0 Å². The normalized spacial score (nSPS) is 14.3. The molecule has 0 saturated carbocycles. The number of carboxylic acids is 1. The number of piperidine rings is 1. The Morgan fingerprint density at radius 1 is 1.15 bits per heavy atom. The van der Waals surface area contributed by atoms with Crippen LogP contribution in [0.2, 0.25) is 0 Å². The van der Waals surface area contributed by atoms with Crippen molar-refractivity contribution >= 4 is 45.3 Å². The van der Waals surface area contributed by atoms with Gasteiger partial charge in [-0.1, -0.05) is 29.8 Å². The van der Waals surface area contributed by atoms with E-state index in [1.54, 1.807) is 25.1 Å². The first-order valence-corrected chi connectivity index (χ1v) is 14.2. The van der Waals surface area contributed by atoms with Crippen LogP contribution in [0.5, 0.6) is 5.75 Å². The van der Waals surface area contributed by atoms with Crippen LogP contribution in [0.25, 0.3) is 6.08 Å². The van der Waals surface area contributed by atoms with E-state index in [-0.39, 0.29) is 35.5 Å². The lowest BCUT2D eigenvalue weighted by atomic mass is 10.1. The standard InChI is InChI=1S/C27H34N6O6S/c1-17(12-19-4-3-5-20(13-19)26(29)30)15-31-27(36)23-14-21(32-40(37,38)16-25(34)35)6-7-24(23)39-22-8-10-33(11-9-22)18(2)28/h3-7,12-14,22,28,32H,8-11,15-16H2,1-2H3,(H3,29,30)(H,31,36)(H,34,35)/b17-12+,28-18?. The van der Waals surface area contributed by atoms with Gasteiger partial charge in [-0.15, -0.1) is 0 Å². The van der Waals surface area contributed by atoms with Gasteiger partial charge < -0.3 is 25.8 Å². The van der Waals surface area contributed by atoms with Gasteiger partial charge in [0, 0.05) is 43.7 Å². The largest absolute Gasteiger partial charge is 0.489 e. The Labute approximate surface area is 233 Å². The summed E-state index contributed by atoms with van der Waals surface area (Å²) in [5.41, 5.74) is 7.88. The van der Waals surface area contributed by atoms with E-state index in [0.717, 1.165) is 11.1 Å². The molecule has 2 aromatic rings. The molecule has 12 nitrogen and oxygen atoms in total. The Hall–Kier alpha value is -4.39. The van der Waals surface area contributed by atoms with Crippen LogP contribution >= 0.6 is 0 Å². The quantitative estimate of drug-likeness (QED) is 0.175. The molecule has 7 N–H and O–H groups in total. The second-order valence-corrected chi connectivity index (χ2v) is 11.3. The maximum atomic E-state index is 13.3. The number of amidine groups is 2. The van der Waals surface area contributed by atoms with Gasteiger partial charge in [-0.2, -0.15) is 0 Å². The van der Waals surface area contributed by atoms with Crippen LogP contribution in [-0.2, 0) is 14.8 Å². The molecule has 2 aromatic carbocycles. The monoisotopic (exact) mass is 570 g/mol. The molecule has 0 radical (unpaired) electrons. The van der Waals surface area contributed by atoms with E-state index in [1.165, 1.54) is 18.2 Å². The summed E-state index contributed by atoms with van der Waals surface area (Å²) in [6.45, 7) is 5.01. The van der Waals surface area contributed by atoms with Crippen LogP contribution in [0.3, 0.4) is 0 Å². The number of ether oxygens (including phenoxy) is 1. The third-order valence-electron chi connectivity index (χ3n) is 6.16. The molecule has 1 amide bonds. The van der Waals surface area contributed by atoms with Gasteiger partial charge in [-0.25, -0.2) is 8.42 Å². The number of aliphatic carboxylic acids is 1. The van der Waals surface area contributed by atoms with Crippen molar-refractivity contribution in [3.05, 3.63) is 64.7 Å². The third kappa shape index (κ3) is 8.83. The number of nitrogens with one attached hydrogen (secondary N) is 4. The number of carbonyl (C=O) groups is 2. The van der Waals surface area contributed by atoms with E-state index in [1.807, 2.05) is 24.0 Å². The molecule has 0 unspecified atom stereocenters. The van der Waals surface area contributed by atoms with E-state index in [0.29, 0.717) is 37.3 Å². The number of carboxylic acid groups (broad SMARTS) is 1. The molecule has 0 aromatic heterocycles. The molecule has 40 heavy (non-hydrogen) atoms. The molecule has 0 bridgehead atoms. The predicted octanol–water partition coefficient (Wildman–Crippen LogP) is 2.47. The van der Waals surface area contributed by atoms with Gasteiger partial charge in [-0.05, 0) is 43.7 Å². The van der Waals surface area contributed by atoms with Gasteiger partial charge in [-0.3, -0.25) is 25.1 Å². The van der Waals surface area contributed by atoms with E-state index < -0.39 is 27.7 Å². The van der Waals surface area contributed by atoms with Gasteiger partial charge in [0.2, 0.25) is 10.0 Å². The maximum Gasteiger partial charge on any atom is 0.320 e. The van der Waals surface area contributed by atoms with Crippen LogP contribution in [-0.4, -0.2) is 73.5 Å². The minimum atomic E-state index is -4.18. The number of nitrogen functional groups attached to an aromatic ring is 1. The fourth-order valence-corrected chi connectivity index (χ4v) is 5.07. The first kappa shape index (κ1) is 30.2. The molecular formula is C27H34N6O6S. The molecular weight excluding hydrogens is 536 g/mol. The maximum absolute atomic E-state index is 13.3. The topological polar surface area (TPSA) is 199 Å². The molecule has 1 fully saturated rings. The third-order valence-corrected chi connectivity index (χ3v) is 7.33. The number of hydrogen-bond donors (Lipinski definition) is 6. The second-order valence-electron chi connectivity index (χ2n) is 9.57. The number of amides is 1. The molecule has 214 valence electrons. The summed E-state index contributed by atoms with van der Waals surface area (Å²) in [6, 6.07) is 11.3. The van der Waals surface area contributed by atoms with E-state index >= 15 is 0 Å². The molecule has 0 atom stereocenters. The minimum absolute atomic E-state index is 0.0290. The van der Waals surface area contributed by atoms with Crippen LogP contribution < -0.4 is 20.5 Å². The van der Waals surface area contributed by atoms with E-state index in [2.05, 4.69) is 10.0 Å². The van der Waals surface area contributed by atoms with Crippen molar-refractivity contribution in [3.63, 3.8) is 0 Å². The van der Waals surface area contributed by atoms with Gasteiger partial charge in [0.05, 0.1) is 11.4 Å². The van der Waals surface area contributed by atoms with Crippen molar-refractivity contribution < 1.29 is 27.9 Å². The number of rotatable bonds is 11. The summed E-state index contributed by atoms with van der Waals surface area (Å²) in [5.74, 6) is -2.44. The molecule has 0 spiro atoms. The number of carbonyl (C=O) groups excluding carboxylic acids is 1. The molecule has 1 saturated heterocycles. The summed E-state index contributed by atoms with van der Waals surface area (Å²) in [7, 11) is -4.18. The zero-order valence-electron chi connectivity index (χ0n) is 22.4. The summed E-state index contributed by atoms with van der Waals surface area (Å²) < 4.78 is 32.7. The minimum Gasteiger partial charge on any atom is -0.489 e. The number of anilines is 1. The summed E-state index contributed by atoms with van der Waals surface area (Å²) in [4.78, 5) is 26.1. The van der Waals surface area contributed by atoms with E-state index in [4.69, 9.17) is 26.4 Å². The summed E-state index contributed by atoms with van der Waals surface area (Å²) >= 11 is 0. The highest BCUT2D eigenvalue weighted by atomic mass is 32.2. The van der Waals surface area contributed by atoms with Gasteiger partial charge >= 0.3 is 5.97 Å². The average molecular weight is 571 g/mol. The Bertz CT molecular complexity index is 1430. The molecule has 1 aliphatic rings. The highest BCUT2D eigenvalue weighted by molar-refractivity contribution is 7.93. The van der Waals surface area contributed by atoms with Crippen LogP contribution in [0, 0.1) is 10.8 Å². The van der Waals surface area contributed by atoms with Crippen molar-refractivity contribution in [1.82, 2.24) is 10.2 Å². The molecule has 13 heteroatoms. The van der Waals surface area contributed by atoms with Crippen molar-refractivity contribution in [2.75, 3.05) is 30.1 Å². The van der Waals surface area contributed by atoms with Crippen LogP contribution in [0.15, 0.2) is 48.0 Å². The molecule has 0 aliphatic carbocycles. The Kier molecular flexibility index (Phi) is 9.88. The number of hydrogen-bond acceptors (Lipinski definition) is 7. The van der Waals surface area contributed by atoms with Gasteiger partial charge in [0.15, 0.2) is 5.75 Å². The first-order valence-electron chi connectivity index (χ1n) is 12.6. The fraction of sp³-hybridized carbons (Fsp3) is 0.333. The first-order chi connectivity index (χ1) is 18.8. The lowest BCUT2D eigenvalue weighted by molar-refractivity contribution is -0.134. The SMILES string of the molecule is CC(=N)N1CCC(Oc2ccc(NS(=O)(=O)CC(=O)O)cc2C(=O)NC/C(C)=C/c2cccc(C(=N)N)c2)CC1. The Morgan fingerprint density at radius 3 is 2.48 bits per heavy atom. The molecule has 3 rings (SSSR count). The predicted molar refractivity (Wildman–Crippen MR) is 154 cm³/mol. The number of nitrogens with two attached hydrogens (primary N) is 1. The highest BCUT2D eigenvalue weighted by Gasteiger charge is 2.24. The highest BCUT2D eigenvalue weighted by Crippen LogP contribution is 2.27. The Morgan fingerprint density at radius 2 is 1.85 bits per heavy atom. The van der Waals surface area contributed by atoms with Crippen molar-refractivity contribution in [2.45, 2.75) is 32.8 Å². The number of sulfonamides is 1. The molecule has 1 aliphatic heterocycles. The zero-order chi connectivity index (χ0) is 29.4. The fourth-order valence-electron chi connectivity index (χ4n) is 4.19. The summed E-state index contributed by atoms with van der Waals surface area (Å²) in [6.07, 6.45) is 2.93. The average Bonchev–Trinajstić information content (AvgIpc) is 2.87. The zero-order valence-corrected chi connectivity index (χ0v) is 23.2. The lowest BCUT2D eigenvalue weighted by Gasteiger charge is -2.33. The number of benzene rings is 2. The molecule has 1 heterocycles. The van der Waals surface area contributed by atoms with Gasteiger partial charge in [0.1, 0.15) is 17.7 Å².